The molecule has 0 aliphatic rings. The molecule has 0 heterocycles. The van der Waals surface area contributed by atoms with Gasteiger partial charge in [-0.25, -0.2) is 8.42 Å². The number of ether oxygens (including phenoxy) is 1. The highest BCUT2D eigenvalue weighted by molar-refractivity contribution is 7.92. The first-order valence-corrected chi connectivity index (χ1v) is 10.1. The fourth-order valence-corrected chi connectivity index (χ4v) is 3.18. The lowest BCUT2D eigenvalue weighted by Gasteiger charge is -2.22. The van der Waals surface area contributed by atoms with Crippen molar-refractivity contribution in [3.63, 3.8) is 0 Å². The fraction of sp³-hybridized carbons (Fsp3) is 0.316. The van der Waals surface area contributed by atoms with E-state index in [-0.39, 0.29) is 12.5 Å². The van der Waals surface area contributed by atoms with Gasteiger partial charge in [0.05, 0.1) is 25.2 Å². The zero-order valence-corrected chi connectivity index (χ0v) is 15.8. The molecule has 2 rings (SSSR count). The van der Waals surface area contributed by atoms with E-state index in [1.165, 1.54) is 0 Å². The Balaban J connectivity index is 1.81. The van der Waals surface area contributed by atoms with Gasteiger partial charge >= 0.3 is 0 Å². The number of carbonyl (C=O) groups is 1. The number of hydrogen-bond acceptors (Lipinski definition) is 4. The minimum absolute atomic E-state index is 0.263. The molecule has 1 N–H and O–H groups in total. The lowest BCUT2D eigenvalue weighted by Crippen LogP contribution is -2.41. The molecular formula is C19H24N2O4S. The summed E-state index contributed by atoms with van der Waals surface area (Å²) in [5, 5.41) is 2.68. The summed E-state index contributed by atoms with van der Waals surface area (Å²) in [6, 6.07) is 16.7. The third-order valence-corrected chi connectivity index (χ3v) is 4.83. The molecule has 2 aromatic carbocycles. The topological polar surface area (TPSA) is 75.7 Å². The van der Waals surface area contributed by atoms with Crippen LogP contribution >= 0.6 is 0 Å². The van der Waals surface area contributed by atoms with Gasteiger partial charge in [0, 0.05) is 6.54 Å². The van der Waals surface area contributed by atoms with Crippen LogP contribution in [0, 0.1) is 6.92 Å². The monoisotopic (exact) mass is 376 g/mol. The van der Waals surface area contributed by atoms with Gasteiger partial charge in [-0.1, -0.05) is 48.0 Å². The van der Waals surface area contributed by atoms with Crippen molar-refractivity contribution in [1.82, 2.24) is 5.32 Å². The van der Waals surface area contributed by atoms with E-state index in [4.69, 9.17) is 4.74 Å². The molecule has 2 aromatic rings. The van der Waals surface area contributed by atoms with E-state index < -0.39 is 10.0 Å². The van der Waals surface area contributed by atoms with Crippen LogP contribution in [0.3, 0.4) is 0 Å². The molecule has 0 unspecified atom stereocenters. The minimum Gasteiger partial charge on any atom is -0.375 e. The van der Waals surface area contributed by atoms with Gasteiger partial charge in [0.25, 0.3) is 0 Å². The van der Waals surface area contributed by atoms with Crippen LogP contribution in [0.1, 0.15) is 11.1 Å². The van der Waals surface area contributed by atoms with E-state index in [0.29, 0.717) is 25.4 Å². The number of hydrogen-bond donors (Lipinski definition) is 1. The van der Waals surface area contributed by atoms with Crippen molar-refractivity contribution in [3.8, 4) is 0 Å². The van der Waals surface area contributed by atoms with Gasteiger partial charge in [-0.2, -0.15) is 0 Å². The van der Waals surface area contributed by atoms with E-state index in [1.807, 2.05) is 49.4 Å². The van der Waals surface area contributed by atoms with E-state index in [0.717, 1.165) is 21.7 Å². The summed E-state index contributed by atoms with van der Waals surface area (Å²) in [5.41, 5.74) is 2.54. The fourth-order valence-electron chi connectivity index (χ4n) is 2.32. The molecule has 0 saturated carbocycles. The van der Waals surface area contributed by atoms with E-state index >= 15 is 0 Å². The van der Waals surface area contributed by atoms with Crippen LogP contribution in [0.15, 0.2) is 54.6 Å². The predicted octanol–water partition coefficient (Wildman–Crippen LogP) is 2.09. The third kappa shape index (κ3) is 6.50. The molecule has 0 aliphatic carbocycles. The van der Waals surface area contributed by atoms with Gasteiger partial charge in [-0.3, -0.25) is 9.10 Å². The van der Waals surface area contributed by atoms with Gasteiger partial charge in [0.2, 0.25) is 15.9 Å². The SMILES string of the molecule is Cc1ccc(N(CC(=O)NCCOCc2ccccc2)S(C)(=O)=O)cc1. The van der Waals surface area contributed by atoms with Gasteiger partial charge in [0.15, 0.2) is 0 Å². The predicted molar refractivity (Wildman–Crippen MR) is 102 cm³/mol. The molecule has 140 valence electrons. The summed E-state index contributed by atoms with van der Waals surface area (Å²) in [5.74, 6) is -0.376. The Morgan fingerprint density at radius 1 is 1.08 bits per heavy atom. The van der Waals surface area contributed by atoms with Gasteiger partial charge in [0.1, 0.15) is 6.54 Å². The lowest BCUT2D eigenvalue weighted by atomic mass is 10.2. The number of sulfonamides is 1. The summed E-state index contributed by atoms with van der Waals surface area (Å²) in [6.07, 6.45) is 1.09. The molecule has 1 amide bonds. The zero-order chi connectivity index (χ0) is 19.0. The molecule has 0 spiro atoms. The number of aryl methyl sites for hydroxylation is 1. The third-order valence-electron chi connectivity index (χ3n) is 3.69. The number of nitrogens with one attached hydrogen (secondary N) is 1. The summed E-state index contributed by atoms with van der Waals surface area (Å²) in [4.78, 5) is 12.1. The van der Waals surface area contributed by atoms with Gasteiger partial charge < -0.3 is 10.1 Å². The average molecular weight is 376 g/mol. The second kappa shape index (κ2) is 9.35. The summed E-state index contributed by atoms with van der Waals surface area (Å²) < 4.78 is 30.6. The minimum atomic E-state index is -3.56. The Morgan fingerprint density at radius 2 is 1.73 bits per heavy atom. The molecule has 7 heteroatoms. The van der Waals surface area contributed by atoms with Crippen molar-refractivity contribution < 1.29 is 17.9 Å². The van der Waals surface area contributed by atoms with Crippen molar-refractivity contribution >= 4 is 21.6 Å². The van der Waals surface area contributed by atoms with Crippen molar-refractivity contribution in [2.24, 2.45) is 0 Å². The second-order valence-electron chi connectivity index (χ2n) is 5.99. The maximum absolute atomic E-state index is 12.1. The normalized spacial score (nSPS) is 11.2. The molecule has 0 atom stereocenters. The smallest absolute Gasteiger partial charge is 0.240 e. The highest BCUT2D eigenvalue weighted by Crippen LogP contribution is 2.17. The van der Waals surface area contributed by atoms with Crippen LogP contribution in [0.4, 0.5) is 5.69 Å². The van der Waals surface area contributed by atoms with Crippen LogP contribution in [0.5, 0.6) is 0 Å². The number of rotatable bonds is 9. The van der Waals surface area contributed by atoms with E-state index in [2.05, 4.69) is 5.32 Å². The number of benzene rings is 2. The average Bonchev–Trinajstić information content (AvgIpc) is 2.60. The largest absolute Gasteiger partial charge is 0.375 e. The van der Waals surface area contributed by atoms with Crippen molar-refractivity contribution in [2.75, 3.05) is 30.3 Å². The number of carbonyl (C=O) groups excluding carboxylic acids is 1. The number of amides is 1. The van der Waals surface area contributed by atoms with Crippen molar-refractivity contribution in [1.29, 1.82) is 0 Å². The highest BCUT2D eigenvalue weighted by atomic mass is 32.2. The van der Waals surface area contributed by atoms with Crippen LogP contribution in [-0.2, 0) is 26.2 Å². The molecular weight excluding hydrogens is 352 g/mol. The van der Waals surface area contributed by atoms with Gasteiger partial charge in [-0.15, -0.1) is 0 Å². The molecule has 0 aromatic heterocycles. The highest BCUT2D eigenvalue weighted by Gasteiger charge is 2.20. The molecule has 0 saturated heterocycles. The summed E-state index contributed by atoms with van der Waals surface area (Å²) in [6.45, 7) is 2.79. The summed E-state index contributed by atoms with van der Waals surface area (Å²) in [7, 11) is -3.56. The lowest BCUT2D eigenvalue weighted by molar-refractivity contribution is -0.119. The van der Waals surface area contributed by atoms with Crippen LogP contribution in [-0.4, -0.2) is 40.3 Å². The Morgan fingerprint density at radius 3 is 2.35 bits per heavy atom. The Labute approximate surface area is 154 Å². The molecule has 0 bridgehead atoms. The van der Waals surface area contributed by atoms with E-state index in [1.54, 1.807) is 12.1 Å². The summed E-state index contributed by atoms with van der Waals surface area (Å²) >= 11 is 0. The van der Waals surface area contributed by atoms with Gasteiger partial charge in [-0.05, 0) is 24.6 Å². The molecule has 0 fully saturated rings. The number of anilines is 1. The van der Waals surface area contributed by atoms with Crippen molar-refractivity contribution in [3.05, 3.63) is 65.7 Å². The Kier molecular flexibility index (Phi) is 7.17. The maximum Gasteiger partial charge on any atom is 0.240 e. The zero-order valence-electron chi connectivity index (χ0n) is 15.0. The second-order valence-corrected chi connectivity index (χ2v) is 7.90. The first kappa shape index (κ1) is 19.9. The Hall–Kier alpha value is -2.38. The molecule has 26 heavy (non-hydrogen) atoms. The molecule has 0 radical (unpaired) electrons. The Bertz CT molecular complexity index is 805. The number of nitrogens with zero attached hydrogens (tertiary/aromatic N) is 1. The molecule has 6 nitrogen and oxygen atoms in total. The van der Waals surface area contributed by atoms with Crippen molar-refractivity contribution in [2.45, 2.75) is 13.5 Å². The van der Waals surface area contributed by atoms with E-state index in [9.17, 15) is 13.2 Å². The maximum atomic E-state index is 12.1. The van der Waals surface area contributed by atoms with Crippen LogP contribution in [0.25, 0.3) is 0 Å². The first-order chi connectivity index (χ1) is 12.4. The van der Waals surface area contributed by atoms with Crippen LogP contribution < -0.4 is 9.62 Å². The standard InChI is InChI=1S/C19H24N2O4S/c1-16-8-10-18(11-9-16)21(26(2,23)24)14-19(22)20-12-13-25-15-17-6-4-3-5-7-17/h3-11H,12-15H2,1-2H3,(H,20,22). The quantitative estimate of drug-likeness (QED) is 0.680. The molecule has 0 aliphatic heterocycles. The van der Waals surface area contributed by atoms with Crippen LogP contribution in [0.2, 0.25) is 0 Å². The first-order valence-electron chi connectivity index (χ1n) is 8.29.